The van der Waals surface area contributed by atoms with E-state index in [0.717, 1.165) is 107 Å². The van der Waals surface area contributed by atoms with Crippen LogP contribution >= 0.6 is 24.4 Å². The van der Waals surface area contributed by atoms with E-state index in [1.165, 1.54) is 41.7 Å². The number of carbonyl (C=O) groups excluding carboxylic acids is 3. The molecule has 12 nitrogen and oxygen atoms in total. The SMILES string of the molecule is [C-]#[N+]C1(Nc2ccc(CCC3(C(=O)NC)CCC3)cc2)CCC1.[C-]#[N+]c1ccc(N2C(=O)C3(CCC3)N(c3ccc(CCC4(C(=O)NC)CCC4)cc3)C2=S)c(F)c1C.[C-]#[N+]c1ccc(N=C=S)c(F)c1C. The molecule has 3 N–H and O–H groups in total. The van der Waals surface area contributed by atoms with Crippen LogP contribution in [-0.2, 0) is 27.2 Å². The predicted octanol–water partition coefficient (Wildman–Crippen LogP) is 12.8. The summed E-state index contributed by atoms with van der Waals surface area (Å²) in [6.45, 7) is 24.4. The first kappa shape index (κ1) is 52.9. The van der Waals surface area contributed by atoms with Gasteiger partial charge < -0.3 is 20.9 Å². The summed E-state index contributed by atoms with van der Waals surface area (Å²) in [5, 5.41) is 11.3. The molecule has 4 aromatic carbocycles. The molecule has 0 bridgehead atoms. The minimum atomic E-state index is -0.799. The van der Waals surface area contributed by atoms with Crippen molar-refractivity contribution in [1.29, 1.82) is 0 Å². The molecule has 4 saturated carbocycles. The number of benzene rings is 4. The van der Waals surface area contributed by atoms with Gasteiger partial charge in [0, 0.05) is 49.1 Å². The Kier molecular flexibility index (Phi) is 16.4. The van der Waals surface area contributed by atoms with Gasteiger partial charge in [0.05, 0.1) is 24.0 Å². The van der Waals surface area contributed by atoms with Gasteiger partial charge in [-0.25, -0.2) is 25.0 Å². The van der Waals surface area contributed by atoms with Crippen LogP contribution in [-0.4, -0.2) is 53.3 Å². The van der Waals surface area contributed by atoms with Crippen LogP contribution in [0, 0.1) is 56.0 Å². The highest BCUT2D eigenvalue weighted by molar-refractivity contribution is 7.81. The normalized spacial score (nSPS) is 17.9. The second-order valence-electron chi connectivity index (χ2n) is 19.6. The quantitative estimate of drug-likeness (QED) is 0.0693. The second-order valence-corrected chi connectivity index (χ2v) is 20.1. The Labute approximate surface area is 432 Å². The zero-order valence-corrected chi connectivity index (χ0v) is 42.9. The van der Waals surface area contributed by atoms with Gasteiger partial charge in [0.2, 0.25) is 11.8 Å². The maximum atomic E-state index is 15.3. The molecule has 5 fully saturated rings. The molecule has 9 rings (SSSR count). The molecular weight excluding hydrogens is 949 g/mol. The summed E-state index contributed by atoms with van der Waals surface area (Å²) >= 11 is 10.1. The molecule has 5 aliphatic rings. The Morgan fingerprint density at radius 3 is 1.61 bits per heavy atom. The summed E-state index contributed by atoms with van der Waals surface area (Å²) in [5.74, 6) is -0.983. The average Bonchev–Trinajstić information content (AvgIpc) is 3.58. The van der Waals surface area contributed by atoms with Gasteiger partial charge in [-0.2, -0.15) is 4.99 Å². The number of carbonyl (C=O) groups is 3. The third-order valence-corrected chi connectivity index (χ3v) is 16.1. The second kappa shape index (κ2) is 22.3. The number of aliphatic imine (C=N–C) groups is 1. The zero-order chi connectivity index (χ0) is 51.8. The van der Waals surface area contributed by atoms with Crippen LogP contribution in [0.3, 0.4) is 0 Å². The van der Waals surface area contributed by atoms with Crippen molar-refractivity contribution in [3.8, 4) is 0 Å². The standard InChI is InChI=1S/C28H29FN4O2S.C19H25N3O.C9H5FN2S/c1-18-21(30-2)10-11-22(23(18)29)32-25(35)28(15-5-16-28)33(26(32)36)20-8-6-19(7-9-20)12-17-27(13-4-14-27)24(34)31-3;1-20-17(23)18(10-3-11-18)14-9-15-5-7-16(8-6-15)22-19(21-2)12-4-13-19;1-6-7(11-2)3-4-8(9(6)10)12-5-13/h6-11H,4-5,12-17H2,1,3H3,(H,31,34);5-8,22H,3-4,9-14H2,1H3,(H,20,23);3-4H,1H3. The highest BCUT2D eigenvalue weighted by atomic mass is 32.1. The lowest BCUT2D eigenvalue weighted by molar-refractivity contribution is -0.136. The first-order valence-electron chi connectivity index (χ1n) is 24.5. The lowest BCUT2D eigenvalue weighted by atomic mass is 9.65. The summed E-state index contributed by atoms with van der Waals surface area (Å²) in [6, 6.07) is 22.3. The van der Waals surface area contributed by atoms with E-state index in [4.69, 9.17) is 31.9 Å². The first-order chi connectivity index (χ1) is 34.6. The molecule has 3 amide bonds. The number of anilines is 3. The topological polar surface area (TPSA) is 119 Å². The van der Waals surface area contributed by atoms with Crippen molar-refractivity contribution in [3.05, 3.63) is 141 Å². The Morgan fingerprint density at radius 1 is 0.708 bits per heavy atom. The Hall–Kier alpha value is -6.89. The van der Waals surface area contributed by atoms with Crippen LogP contribution in [0.5, 0.6) is 0 Å². The molecule has 72 heavy (non-hydrogen) atoms. The number of hydrogen-bond acceptors (Lipinski definition) is 7. The van der Waals surface area contributed by atoms with E-state index in [9.17, 15) is 18.8 Å². The maximum Gasteiger partial charge on any atom is 0.305 e. The number of halogens is 2. The van der Waals surface area contributed by atoms with Crippen LogP contribution in [0.4, 0.5) is 42.9 Å². The first-order valence-corrected chi connectivity index (χ1v) is 25.3. The van der Waals surface area contributed by atoms with Gasteiger partial charge in [-0.1, -0.05) is 49.2 Å². The van der Waals surface area contributed by atoms with Crippen LogP contribution in [0.15, 0.2) is 77.8 Å². The Morgan fingerprint density at radius 2 is 1.19 bits per heavy atom. The molecule has 1 spiro atoms. The Bertz CT molecular complexity index is 2920. The van der Waals surface area contributed by atoms with Crippen LogP contribution in [0.2, 0.25) is 0 Å². The number of isothiocyanates is 1. The van der Waals surface area contributed by atoms with E-state index in [-0.39, 0.29) is 62.0 Å². The van der Waals surface area contributed by atoms with Gasteiger partial charge in [-0.3, -0.25) is 24.1 Å². The molecule has 0 atom stereocenters. The number of nitrogens with zero attached hydrogens (tertiary/aromatic N) is 6. The number of thiocarbonyl (C=S) groups is 2. The summed E-state index contributed by atoms with van der Waals surface area (Å²) in [4.78, 5) is 55.1. The fourth-order valence-corrected chi connectivity index (χ4v) is 10.9. The largest absolute Gasteiger partial charge is 0.359 e. The van der Waals surface area contributed by atoms with E-state index in [1.807, 2.05) is 29.2 Å². The number of hydrogen-bond donors (Lipinski definition) is 3. The molecule has 0 radical (unpaired) electrons. The minimum absolute atomic E-state index is 0.0975. The summed E-state index contributed by atoms with van der Waals surface area (Å²) in [6.07, 6.45) is 14.8. The fraction of sp³-hybridized carbons (Fsp3) is 0.429. The van der Waals surface area contributed by atoms with Gasteiger partial charge >= 0.3 is 5.66 Å². The average molecular weight is 1010 g/mol. The third kappa shape index (κ3) is 10.3. The molecule has 4 aliphatic carbocycles. The highest BCUT2D eigenvalue weighted by Gasteiger charge is 2.60. The van der Waals surface area contributed by atoms with Crippen molar-refractivity contribution in [2.24, 2.45) is 15.8 Å². The van der Waals surface area contributed by atoms with Crippen molar-refractivity contribution in [3.63, 3.8) is 0 Å². The highest BCUT2D eigenvalue weighted by Crippen LogP contribution is 2.50. The Balaban J connectivity index is 0.000000180. The van der Waals surface area contributed by atoms with Crippen LogP contribution < -0.4 is 25.8 Å². The molecule has 0 unspecified atom stereocenters. The maximum absolute atomic E-state index is 15.3. The van der Waals surface area contributed by atoms with Crippen molar-refractivity contribution in [2.45, 2.75) is 128 Å². The van der Waals surface area contributed by atoms with E-state index >= 15 is 4.39 Å². The van der Waals surface area contributed by atoms with Gasteiger partial charge in [0.1, 0.15) is 22.9 Å². The van der Waals surface area contributed by atoms with Crippen molar-refractivity contribution in [2.75, 3.05) is 29.2 Å². The van der Waals surface area contributed by atoms with Crippen LogP contribution in [0.25, 0.3) is 14.5 Å². The number of aryl methyl sites for hydroxylation is 2. The van der Waals surface area contributed by atoms with Gasteiger partial charge in [-0.05, 0) is 174 Å². The third-order valence-electron chi connectivity index (χ3n) is 15.7. The molecule has 1 heterocycles. The van der Waals surface area contributed by atoms with Crippen LogP contribution in [0.1, 0.15) is 112 Å². The van der Waals surface area contributed by atoms with Crippen molar-refractivity contribution < 1.29 is 23.2 Å². The molecule has 1 saturated heterocycles. The molecule has 1 aliphatic heterocycles. The van der Waals surface area contributed by atoms with E-state index in [1.54, 1.807) is 21.0 Å². The zero-order valence-electron chi connectivity index (χ0n) is 41.2. The fourth-order valence-electron chi connectivity index (χ4n) is 10.4. The number of amides is 3. The minimum Gasteiger partial charge on any atom is -0.359 e. The summed E-state index contributed by atoms with van der Waals surface area (Å²) in [7, 11) is 3.43. The number of nitrogens with one attached hydrogen (secondary N) is 3. The molecular formula is C56H59F2N9O3S2. The molecule has 372 valence electrons. The van der Waals surface area contributed by atoms with Crippen molar-refractivity contribution >= 4 is 86.6 Å². The van der Waals surface area contributed by atoms with Gasteiger partial charge in [0.25, 0.3) is 5.91 Å². The van der Waals surface area contributed by atoms with Gasteiger partial charge in [-0.15, -0.1) is 0 Å². The van der Waals surface area contributed by atoms with E-state index in [0.29, 0.717) is 24.1 Å². The summed E-state index contributed by atoms with van der Waals surface area (Å²) < 4.78 is 28.6. The van der Waals surface area contributed by atoms with Crippen molar-refractivity contribution in [1.82, 2.24) is 10.6 Å². The predicted molar refractivity (Wildman–Crippen MR) is 286 cm³/mol. The van der Waals surface area contributed by atoms with E-state index in [2.05, 4.69) is 77.1 Å². The number of rotatable bonds is 13. The molecule has 0 aromatic heterocycles. The summed E-state index contributed by atoms with van der Waals surface area (Å²) in [5.41, 5.74) is 3.91. The lowest BCUT2D eigenvalue weighted by Crippen LogP contribution is -2.55. The monoisotopic (exact) mass is 1010 g/mol. The van der Waals surface area contributed by atoms with Gasteiger partial charge in [0.15, 0.2) is 16.5 Å². The lowest BCUT2D eigenvalue weighted by Gasteiger charge is -2.43. The van der Waals surface area contributed by atoms with E-state index < -0.39 is 17.2 Å². The smallest absolute Gasteiger partial charge is 0.305 e. The molecule has 4 aromatic rings. The molecule has 16 heteroatoms.